The molecule has 0 unspecified atom stereocenters. The second-order valence-corrected chi connectivity index (χ2v) is 5.63. The molecule has 2 aliphatic rings. The molecule has 0 aromatic carbocycles. The number of carbonyl (C=O) groups is 1. The molecule has 0 aromatic rings. The Morgan fingerprint density at radius 1 is 1.11 bits per heavy atom. The molecule has 2 N–H and O–H groups in total. The fourth-order valence-electron chi connectivity index (χ4n) is 2.92. The normalized spacial score (nSPS) is 24.4. The van der Waals surface area contributed by atoms with Gasteiger partial charge in [0.25, 0.3) is 0 Å². The molecule has 5 heteroatoms. The van der Waals surface area contributed by atoms with Gasteiger partial charge < -0.3 is 15.5 Å². The number of carbonyl (C=O) groups excluding carboxylic acids is 1. The average Bonchev–Trinajstić information content (AvgIpc) is 2.41. The number of likely N-dealkylation sites (tertiary alicyclic amines) is 1. The van der Waals surface area contributed by atoms with Gasteiger partial charge in [-0.05, 0) is 38.9 Å². The molecule has 0 spiro atoms. The molecular weight excluding hydrogens is 228 g/mol. The summed E-state index contributed by atoms with van der Waals surface area (Å²) < 4.78 is 0. The van der Waals surface area contributed by atoms with E-state index >= 15 is 0 Å². The van der Waals surface area contributed by atoms with E-state index in [1.165, 1.54) is 32.5 Å². The number of piperidine rings is 1. The molecule has 2 fully saturated rings. The second-order valence-electron chi connectivity index (χ2n) is 5.63. The van der Waals surface area contributed by atoms with E-state index in [1.54, 1.807) is 0 Å². The van der Waals surface area contributed by atoms with E-state index < -0.39 is 0 Å². The third kappa shape index (κ3) is 3.67. The minimum Gasteiger partial charge on any atom is -0.339 e. The molecule has 18 heavy (non-hydrogen) atoms. The van der Waals surface area contributed by atoms with Gasteiger partial charge >= 0.3 is 0 Å². The number of piperazine rings is 1. The molecule has 0 aromatic heterocycles. The van der Waals surface area contributed by atoms with Crippen LogP contribution in [0.1, 0.15) is 12.8 Å². The first kappa shape index (κ1) is 13.8. The van der Waals surface area contributed by atoms with E-state index in [-0.39, 0.29) is 12.5 Å². The summed E-state index contributed by atoms with van der Waals surface area (Å²) in [7, 11) is 2.20. The van der Waals surface area contributed by atoms with Crippen LogP contribution in [0, 0.1) is 5.92 Å². The minimum atomic E-state index is 0.0916. The van der Waals surface area contributed by atoms with Crippen molar-refractivity contribution >= 4 is 5.91 Å². The Bertz CT molecular complexity index is 268. The molecule has 0 atom stereocenters. The van der Waals surface area contributed by atoms with Crippen LogP contribution in [-0.4, -0.2) is 80.0 Å². The predicted octanol–water partition coefficient (Wildman–Crippen LogP) is -0.569. The number of nitrogens with zero attached hydrogens (tertiary/aromatic N) is 3. The zero-order valence-corrected chi connectivity index (χ0v) is 11.5. The predicted molar refractivity (Wildman–Crippen MR) is 72.3 cm³/mol. The van der Waals surface area contributed by atoms with Crippen LogP contribution in [0.4, 0.5) is 0 Å². The number of nitrogens with two attached hydrogens (primary N) is 1. The van der Waals surface area contributed by atoms with Crippen molar-refractivity contribution in [1.29, 1.82) is 0 Å². The first-order chi connectivity index (χ1) is 8.69. The summed E-state index contributed by atoms with van der Waals surface area (Å²) in [5, 5.41) is 0. The van der Waals surface area contributed by atoms with Crippen LogP contribution in [0.15, 0.2) is 0 Å². The van der Waals surface area contributed by atoms with E-state index in [4.69, 9.17) is 5.73 Å². The Morgan fingerprint density at radius 2 is 1.72 bits per heavy atom. The summed E-state index contributed by atoms with van der Waals surface area (Å²) in [6.07, 6.45) is 2.64. The number of hydrogen-bond donors (Lipinski definition) is 1. The maximum Gasteiger partial charge on any atom is 0.236 e. The third-order valence-corrected chi connectivity index (χ3v) is 4.25. The topological polar surface area (TPSA) is 52.8 Å². The second kappa shape index (κ2) is 6.50. The van der Waals surface area contributed by atoms with Crippen molar-refractivity contribution in [2.75, 3.05) is 59.4 Å². The van der Waals surface area contributed by atoms with E-state index in [0.717, 1.165) is 32.1 Å². The Balaban J connectivity index is 1.69. The smallest absolute Gasteiger partial charge is 0.236 e. The zero-order chi connectivity index (χ0) is 13.0. The van der Waals surface area contributed by atoms with Crippen LogP contribution in [0.5, 0.6) is 0 Å². The highest BCUT2D eigenvalue weighted by molar-refractivity contribution is 5.78. The van der Waals surface area contributed by atoms with Gasteiger partial charge in [0, 0.05) is 32.7 Å². The minimum absolute atomic E-state index is 0.0916. The van der Waals surface area contributed by atoms with E-state index in [1.807, 2.05) is 4.90 Å². The van der Waals surface area contributed by atoms with Crippen LogP contribution in [-0.2, 0) is 4.79 Å². The van der Waals surface area contributed by atoms with E-state index in [9.17, 15) is 4.79 Å². The molecule has 2 heterocycles. The van der Waals surface area contributed by atoms with Gasteiger partial charge in [0.1, 0.15) is 0 Å². The lowest BCUT2D eigenvalue weighted by molar-refractivity contribution is -0.131. The Labute approximate surface area is 110 Å². The fraction of sp³-hybridized carbons (Fsp3) is 0.923. The summed E-state index contributed by atoms with van der Waals surface area (Å²) in [5.41, 5.74) is 5.39. The van der Waals surface area contributed by atoms with Gasteiger partial charge in [-0.25, -0.2) is 0 Å². The molecule has 2 saturated heterocycles. The summed E-state index contributed by atoms with van der Waals surface area (Å²) >= 11 is 0. The van der Waals surface area contributed by atoms with Crippen LogP contribution in [0.2, 0.25) is 0 Å². The summed E-state index contributed by atoms with van der Waals surface area (Å²) in [6, 6.07) is 0. The van der Waals surface area contributed by atoms with Crippen molar-refractivity contribution in [3.8, 4) is 0 Å². The lowest BCUT2D eigenvalue weighted by atomic mass is 9.96. The van der Waals surface area contributed by atoms with Gasteiger partial charge in [-0.3, -0.25) is 9.69 Å². The van der Waals surface area contributed by atoms with Crippen molar-refractivity contribution in [2.24, 2.45) is 11.7 Å². The Kier molecular flexibility index (Phi) is 4.97. The SMILES string of the molecule is CN1CCC(CN2CCN(C(=O)CN)CC2)CC1. The number of amides is 1. The molecule has 2 rings (SSSR count). The van der Waals surface area contributed by atoms with Crippen molar-refractivity contribution < 1.29 is 4.79 Å². The van der Waals surface area contributed by atoms with Gasteiger partial charge in [-0.2, -0.15) is 0 Å². The lowest BCUT2D eigenvalue weighted by Gasteiger charge is -2.38. The van der Waals surface area contributed by atoms with Gasteiger partial charge in [0.2, 0.25) is 5.91 Å². The Morgan fingerprint density at radius 3 is 2.28 bits per heavy atom. The zero-order valence-electron chi connectivity index (χ0n) is 11.5. The lowest BCUT2D eigenvalue weighted by Crippen LogP contribution is -2.51. The molecule has 104 valence electrons. The van der Waals surface area contributed by atoms with Crippen LogP contribution in [0.3, 0.4) is 0 Å². The van der Waals surface area contributed by atoms with Crippen molar-refractivity contribution in [2.45, 2.75) is 12.8 Å². The first-order valence-corrected chi connectivity index (χ1v) is 7.08. The molecular formula is C13H26N4O. The van der Waals surface area contributed by atoms with Gasteiger partial charge in [0.15, 0.2) is 0 Å². The summed E-state index contributed by atoms with van der Waals surface area (Å²) in [5.74, 6) is 0.937. The molecule has 5 nitrogen and oxygen atoms in total. The molecule has 0 radical (unpaired) electrons. The van der Waals surface area contributed by atoms with Crippen molar-refractivity contribution in [3.05, 3.63) is 0 Å². The number of rotatable bonds is 3. The Hall–Kier alpha value is -0.650. The van der Waals surface area contributed by atoms with Crippen molar-refractivity contribution in [1.82, 2.24) is 14.7 Å². The summed E-state index contributed by atoms with van der Waals surface area (Å²) in [4.78, 5) is 18.3. The van der Waals surface area contributed by atoms with E-state index in [0.29, 0.717) is 0 Å². The van der Waals surface area contributed by atoms with Gasteiger partial charge in [-0.1, -0.05) is 0 Å². The molecule has 0 aliphatic carbocycles. The van der Waals surface area contributed by atoms with Crippen molar-refractivity contribution in [3.63, 3.8) is 0 Å². The number of hydrogen-bond acceptors (Lipinski definition) is 4. The molecule has 2 aliphatic heterocycles. The van der Waals surface area contributed by atoms with Crippen LogP contribution >= 0.6 is 0 Å². The monoisotopic (exact) mass is 254 g/mol. The quantitative estimate of drug-likeness (QED) is 0.733. The average molecular weight is 254 g/mol. The van der Waals surface area contributed by atoms with Gasteiger partial charge in [0.05, 0.1) is 6.54 Å². The summed E-state index contributed by atoms with van der Waals surface area (Å²) in [6.45, 7) is 7.54. The highest BCUT2D eigenvalue weighted by Crippen LogP contribution is 2.18. The third-order valence-electron chi connectivity index (χ3n) is 4.25. The standard InChI is InChI=1S/C13H26N4O/c1-15-4-2-12(3-5-15)11-16-6-8-17(9-7-16)13(18)10-14/h12H,2-11,14H2,1H3. The molecule has 0 saturated carbocycles. The van der Waals surface area contributed by atoms with Crippen LogP contribution < -0.4 is 5.73 Å². The molecule has 1 amide bonds. The van der Waals surface area contributed by atoms with Crippen LogP contribution in [0.25, 0.3) is 0 Å². The van der Waals surface area contributed by atoms with E-state index in [2.05, 4.69) is 16.8 Å². The largest absolute Gasteiger partial charge is 0.339 e. The van der Waals surface area contributed by atoms with Gasteiger partial charge in [-0.15, -0.1) is 0 Å². The fourth-order valence-corrected chi connectivity index (χ4v) is 2.92. The highest BCUT2D eigenvalue weighted by atomic mass is 16.2. The highest BCUT2D eigenvalue weighted by Gasteiger charge is 2.23. The maximum atomic E-state index is 11.5. The maximum absolute atomic E-state index is 11.5. The molecule has 0 bridgehead atoms. The first-order valence-electron chi connectivity index (χ1n) is 7.08.